The number of carbonyl (C=O) groups is 2. The Kier molecular flexibility index (Phi) is 4.42. The smallest absolute Gasteiger partial charge is 0.264 e. The summed E-state index contributed by atoms with van der Waals surface area (Å²) in [5, 5.41) is 14.7. The van der Waals surface area contributed by atoms with Crippen molar-refractivity contribution < 1.29 is 19.4 Å². The van der Waals surface area contributed by atoms with Crippen LogP contribution in [0.25, 0.3) is 0 Å². The van der Waals surface area contributed by atoms with Crippen LogP contribution < -0.4 is 15.0 Å². The van der Waals surface area contributed by atoms with Gasteiger partial charge in [0.1, 0.15) is 5.75 Å². The van der Waals surface area contributed by atoms with Crippen LogP contribution in [0.4, 0.5) is 5.69 Å². The molecule has 0 unspecified atom stereocenters. The van der Waals surface area contributed by atoms with Gasteiger partial charge in [-0.2, -0.15) is 0 Å². The molecule has 1 aromatic heterocycles. The minimum absolute atomic E-state index is 0.0134. The number of benzene rings is 1. The van der Waals surface area contributed by atoms with Crippen molar-refractivity contribution in [3.8, 4) is 5.75 Å². The average molecular weight is 372 g/mol. The van der Waals surface area contributed by atoms with Gasteiger partial charge >= 0.3 is 0 Å². The molecule has 2 aliphatic rings. The van der Waals surface area contributed by atoms with E-state index in [0.717, 1.165) is 4.88 Å². The van der Waals surface area contributed by atoms with E-state index in [2.05, 4.69) is 5.32 Å². The molecule has 2 amide bonds. The van der Waals surface area contributed by atoms with Crippen molar-refractivity contribution >= 4 is 28.8 Å². The summed E-state index contributed by atoms with van der Waals surface area (Å²) in [4.78, 5) is 27.2. The SMILES string of the molecule is CN1C(=O)COc2ccc(C(=O)N[C@H](c3cccs3)C3CC(O)C3)cc21. The molecule has 0 bridgehead atoms. The van der Waals surface area contributed by atoms with Gasteiger partial charge in [0.05, 0.1) is 17.8 Å². The third-order valence-electron chi connectivity index (χ3n) is 5.07. The normalized spacial score (nSPS) is 22.8. The zero-order chi connectivity index (χ0) is 18.3. The molecule has 1 saturated carbocycles. The molecule has 136 valence electrons. The molecule has 1 aromatic carbocycles. The quantitative estimate of drug-likeness (QED) is 0.864. The van der Waals surface area contributed by atoms with Gasteiger partial charge in [-0.3, -0.25) is 9.59 Å². The van der Waals surface area contributed by atoms with Gasteiger partial charge in [0.15, 0.2) is 6.61 Å². The first-order chi connectivity index (χ1) is 12.5. The number of hydrogen-bond acceptors (Lipinski definition) is 5. The topological polar surface area (TPSA) is 78.9 Å². The van der Waals surface area contributed by atoms with Crippen molar-refractivity contribution in [2.75, 3.05) is 18.6 Å². The highest BCUT2D eigenvalue weighted by molar-refractivity contribution is 7.10. The van der Waals surface area contributed by atoms with Crippen LogP contribution in [-0.4, -0.2) is 36.7 Å². The molecule has 0 spiro atoms. The number of thiophene rings is 1. The number of nitrogens with zero attached hydrogens (tertiary/aromatic N) is 1. The van der Waals surface area contributed by atoms with Gasteiger partial charge in [-0.05, 0) is 48.4 Å². The molecule has 2 aromatic rings. The van der Waals surface area contributed by atoms with E-state index in [4.69, 9.17) is 4.74 Å². The molecule has 2 heterocycles. The van der Waals surface area contributed by atoms with Crippen molar-refractivity contribution in [3.05, 3.63) is 46.2 Å². The summed E-state index contributed by atoms with van der Waals surface area (Å²) in [5.74, 6) is 0.493. The molecule has 1 aliphatic carbocycles. The minimum Gasteiger partial charge on any atom is -0.482 e. The molecular weight excluding hydrogens is 352 g/mol. The van der Waals surface area contributed by atoms with Gasteiger partial charge in [0.25, 0.3) is 11.8 Å². The van der Waals surface area contributed by atoms with E-state index < -0.39 is 0 Å². The Labute approximate surface area is 155 Å². The maximum atomic E-state index is 12.8. The zero-order valence-corrected chi connectivity index (χ0v) is 15.2. The van der Waals surface area contributed by atoms with Crippen molar-refractivity contribution in [3.63, 3.8) is 0 Å². The number of carbonyl (C=O) groups excluding carboxylic acids is 2. The van der Waals surface area contributed by atoms with Crippen molar-refractivity contribution in [1.82, 2.24) is 5.32 Å². The monoisotopic (exact) mass is 372 g/mol. The Bertz CT molecular complexity index is 830. The second-order valence-corrected chi connectivity index (χ2v) is 7.76. The van der Waals surface area contributed by atoms with Crippen LogP contribution in [0.3, 0.4) is 0 Å². The van der Waals surface area contributed by atoms with Crippen molar-refractivity contribution in [2.24, 2.45) is 5.92 Å². The van der Waals surface area contributed by atoms with Crippen LogP contribution >= 0.6 is 11.3 Å². The van der Waals surface area contributed by atoms with Gasteiger partial charge in [-0.25, -0.2) is 0 Å². The Morgan fingerprint density at radius 2 is 2.19 bits per heavy atom. The Morgan fingerprint density at radius 1 is 1.38 bits per heavy atom. The van der Waals surface area contributed by atoms with Crippen LogP contribution in [0.15, 0.2) is 35.7 Å². The number of rotatable bonds is 4. The maximum absolute atomic E-state index is 12.8. The largest absolute Gasteiger partial charge is 0.482 e. The highest BCUT2D eigenvalue weighted by Crippen LogP contribution is 2.40. The van der Waals surface area contributed by atoms with Gasteiger partial charge < -0.3 is 20.1 Å². The molecular formula is C19H20N2O4S. The van der Waals surface area contributed by atoms with Gasteiger partial charge in [-0.15, -0.1) is 11.3 Å². The number of aliphatic hydroxyl groups is 1. The predicted octanol–water partition coefficient (Wildman–Crippen LogP) is 2.35. The van der Waals surface area contributed by atoms with E-state index in [0.29, 0.717) is 29.8 Å². The fraction of sp³-hybridized carbons (Fsp3) is 0.368. The summed E-state index contributed by atoms with van der Waals surface area (Å²) < 4.78 is 5.41. The Balaban J connectivity index is 1.56. The summed E-state index contributed by atoms with van der Waals surface area (Å²) in [6.45, 7) is 0.0134. The Hall–Kier alpha value is -2.38. The van der Waals surface area contributed by atoms with E-state index in [-0.39, 0.29) is 36.5 Å². The fourth-order valence-corrected chi connectivity index (χ4v) is 4.30. The minimum atomic E-state index is -0.278. The highest BCUT2D eigenvalue weighted by atomic mass is 32.1. The molecule has 0 radical (unpaired) electrons. The van der Waals surface area contributed by atoms with Crippen molar-refractivity contribution in [2.45, 2.75) is 25.0 Å². The van der Waals surface area contributed by atoms with Gasteiger partial charge in [0, 0.05) is 17.5 Å². The predicted molar refractivity (Wildman–Crippen MR) is 98.6 cm³/mol. The average Bonchev–Trinajstić information content (AvgIpc) is 3.14. The van der Waals surface area contributed by atoms with E-state index in [1.54, 1.807) is 36.6 Å². The molecule has 1 fully saturated rings. The summed E-state index contributed by atoms with van der Waals surface area (Å²) in [7, 11) is 1.68. The Morgan fingerprint density at radius 3 is 2.88 bits per heavy atom. The van der Waals surface area contributed by atoms with Crippen LogP contribution in [0.2, 0.25) is 0 Å². The second-order valence-electron chi connectivity index (χ2n) is 6.78. The van der Waals surface area contributed by atoms with E-state index in [9.17, 15) is 14.7 Å². The molecule has 1 aliphatic heterocycles. The maximum Gasteiger partial charge on any atom is 0.264 e. The van der Waals surface area contributed by atoms with Gasteiger partial charge in [0.2, 0.25) is 0 Å². The standard InChI is InChI=1S/C19H20N2O4S/c1-21-14-9-11(4-5-15(14)25-10-17(21)23)19(24)20-18(12-7-13(22)8-12)16-3-2-6-26-16/h2-6,9,12-13,18,22H,7-8,10H2,1H3,(H,20,24)/t12?,13?,18-/m0/s1. The van der Waals surface area contributed by atoms with Crippen LogP contribution in [0, 0.1) is 5.92 Å². The van der Waals surface area contributed by atoms with E-state index >= 15 is 0 Å². The number of likely N-dealkylation sites (N-methyl/N-ethyl adjacent to an activating group) is 1. The van der Waals surface area contributed by atoms with Crippen LogP contribution in [-0.2, 0) is 4.79 Å². The second kappa shape index (κ2) is 6.74. The number of hydrogen-bond donors (Lipinski definition) is 2. The molecule has 7 heteroatoms. The van der Waals surface area contributed by atoms with E-state index in [1.807, 2.05) is 17.5 Å². The number of fused-ring (bicyclic) bond motifs is 1. The number of nitrogens with one attached hydrogen (secondary N) is 1. The van der Waals surface area contributed by atoms with Crippen LogP contribution in [0.5, 0.6) is 5.75 Å². The van der Waals surface area contributed by atoms with Crippen LogP contribution in [0.1, 0.15) is 34.1 Å². The highest BCUT2D eigenvalue weighted by Gasteiger charge is 2.36. The van der Waals surface area contributed by atoms with Gasteiger partial charge in [-0.1, -0.05) is 6.07 Å². The lowest BCUT2D eigenvalue weighted by Gasteiger charge is -2.37. The molecule has 6 nitrogen and oxygen atoms in total. The first-order valence-corrected chi connectivity index (χ1v) is 9.46. The molecule has 0 saturated heterocycles. The lowest BCUT2D eigenvalue weighted by molar-refractivity contribution is -0.120. The third kappa shape index (κ3) is 3.08. The molecule has 4 rings (SSSR count). The number of ether oxygens (including phenoxy) is 1. The number of aliphatic hydroxyl groups excluding tert-OH is 1. The summed E-state index contributed by atoms with van der Waals surface area (Å²) in [6.07, 6.45) is 1.11. The summed E-state index contributed by atoms with van der Waals surface area (Å²) >= 11 is 1.60. The summed E-state index contributed by atoms with van der Waals surface area (Å²) in [6, 6.07) is 8.97. The lowest BCUT2D eigenvalue weighted by Crippen LogP contribution is -2.41. The van der Waals surface area contributed by atoms with E-state index in [1.165, 1.54) is 4.90 Å². The third-order valence-corrected chi connectivity index (χ3v) is 6.02. The lowest BCUT2D eigenvalue weighted by atomic mass is 9.76. The first-order valence-electron chi connectivity index (χ1n) is 8.58. The van der Waals surface area contributed by atoms with Crippen molar-refractivity contribution in [1.29, 1.82) is 0 Å². The fourth-order valence-electron chi connectivity index (χ4n) is 3.43. The number of amides is 2. The summed E-state index contributed by atoms with van der Waals surface area (Å²) in [5.41, 5.74) is 1.08. The molecule has 2 N–H and O–H groups in total. The molecule has 1 atom stereocenters. The zero-order valence-electron chi connectivity index (χ0n) is 14.3. The first kappa shape index (κ1) is 17.1. The molecule has 26 heavy (non-hydrogen) atoms. The number of anilines is 1.